The summed E-state index contributed by atoms with van der Waals surface area (Å²) in [6, 6.07) is 0. The van der Waals surface area contributed by atoms with Crippen molar-refractivity contribution < 1.29 is 0 Å². The molecule has 2 fully saturated rings. The summed E-state index contributed by atoms with van der Waals surface area (Å²) in [7, 11) is 2.22. The van der Waals surface area contributed by atoms with E-state index >= 15 is 0 Å². The second-order valence-electron chi connectivity index (χ2n) is 7.28. The average Bonchev–Trinajstić information content (AvgIpc) is 3.14. The van der Waals surface area contributed by atoms with Gasteiger partial charge in [0.15, 0.2) is 5.13 Å². The Morgan fingerprint density at radius 2 is 2.05 bits per heavy atom. The minimum Gasteiger partial charge on any atom is -0.351 e. The number of rotatable bonds is 8. The molecule has 21 heavy (non-hydrogen) atoms. The first-order chi connectivity index (χ1) is 10.1. The van der Waals surface area contributed by atoms with Crippen LogP contribution in [0.5, 0.6) is 0 Å². The van der Waals surface area contributed by atoms with Crippen LogP contribution in [0.15, 0.2) is 0 Å². The summed E-state index contributed by atoms with van der Waals surface area (Å²) < 4.78 is 0. The molecule has 1 aromatic heterocycles. The summed E-state index contributed by atoms with van der Waals surface area (Å²) in [5, 5.41) is 4.83. The van der Waals surface area contributed by atoms with Gasteiger partial charge in [-0.1, -0.05) is 20.3 Å². The fourth-order valence-corrected chi connectivity index (χ4v) is 4.02. The Bertz CT molecular complexity index is 461. The lowest BCUT2D eigenvalue weighted by molar-refractivity contribution is 0.321. The van der Waals surface area contributed by atoms with E-state index < -0.39 is 0 Å². The van der Waals surface area contributed by atoms with E-state index in [2.05, 4.69) is 31.1 Å². The minimum absolute atomic E-state index is 0.711. The normalized spacial score (nSPS) is 19.0. The molecule has 0 bridgehead atoms. The molecule has 2 saturated carbocycles. The second kappa shape index (κ2) is 6.66. The van der Waals surface area contributed by atoms with Crippen molar-refractivity contribution >= 4 is 16.5 Å². The van der Waals surface area contributed by atoms with Gasteiger partial charge in [-0.2, -0.15) is 0 Å². The van der Waals surface area contributed by atoms with Crippen LogP contribution in [0.4, 0.5) is 5.13 Å². The van der Waals surface area contributed by atoms with E-state index in [9.17, 15) is 0 Å². The molecule has 2 aliphatic carbocycles. The first-order valence-corrected chi connectivity index (χ1v) is 9.36. The standard InChI is InChI=1S/C17H29N3S/c1-12(2)9-18-10-15-16(14-7-8-14)19-17(21-15)20(3)11-13-5-4-6-13/h12-14,18H,4-11H2,1-3H3. The molecule has 2 aliphatic rings. The van der Waals surface area contributed by atoms with E-state index in [1.165, 1.54) is 54.4 Å². The van der Waals surface area contributed by atoms with Crippen LogP contribution in [-0.4, -0.2) is 25.1 Å². The highest BCUT2D eigenvalue weighted by Crippen LogP contribution is 2.44. The van der Waals surface area contributed by atoms with Crippen molar-refractivity contribution in [3.8, 4) is 0 Å². The van der Waals surface area contributed by atoms with Crippen LogP contribution in [0.25, 0.3) is 0 Å². The number of hydrogen-bond acceptors (Lipinski definition) is 4. The zero-order valence-corrected chi connectivity index (χ0v) is 14.5. The highest BCUT2D eigenvalue weighted by molar-refractivity contribution is 7.15. The van der Waals surface area contributed by atoms with E-state index in [0.29, 0.717) is 5.92 Å². The molecule has 0 aliphatic heterocycles. The number of nitrogens with one attached hydrogen (secondary N) is 1. The van der Waals surface area contributed by atoms with Gasteiger partial charge < -0.3 is 10.2 Å². The maximum Gasteiger partial charge on any atom is 0.185 e. The Morgan fingerprint density at radius 1 is 1.29 bits per heavy atom. The van der Waals surface area contributed by atoms with Crippen molar-refractivity contribution in [2.24, 2.45) is 11.8 Å². The van der Waals surface area contributed by atoms with Gasteiger partial charge in [-0.25, -0.2) is 4.98 Å². The van der Waals surface area contributed by atoms with Crippen molar-refractivity contribution in [1.29, 1.82) is 0 Å². The summed E-state index contributed by atoms with van der Waals surface area (Å²) in [6.07, 6.45) is 6.93. The van der Waals surface area contributed by atoms with Crippen LogP contribution in [0.3, 0.4) is 0 Å². The highest BCUT2D eigenvalue weighted by atomic mass is 32.1. The zero-order chi connectivity index (χ0) is 14.8. The van der Waals surface area contributed by atoms with Gasteiger partial charge in [0.25, 0.3) is 0 Å². The molecule has 4 heteroatoms. The van der Waals surface area contributed by atoms with Crippen LogP contribution >= 0.6 is 11.3 Å². The predicted octanol–water partition coefficient (Wildman–Crippen LogP) is 4.00. The molecule has 0 saturated heterocycles. The molecule has 0 spiro atoms. The first kappa shape index (κ1) is 15.3. The summed E-state index contributed by atoms with van der Waals surface area (Å²) in [5.41, 5.74) is 1.40. The van der Waals surface area contributed by atoms with Crippen molar-refractivity contribution in [1.82, 2.24) is 10.3 Å². The maximum atomic E-state index is 4.99. The lowest BCUT2D eigenvalue weighted by Crippen LogP contribution is -2.29. The summed E-state index contributed by atoms with van der Waals surface area (Å²) >= 11 is 1.92. The van der Waals surface area contributed by atoms with E-state index in [-0.39, 0.29) is 0 Å². The smallest absolute Gasteiger partial charge is 0.185 e. The number of nitrogens with zero attached hydrogens (tertiary/aromatic N) is 2. The number of anilines is 1. The van der Waals surface area contributed by atoms with Crippen molar-refractivity contribution in [3.63, 3.8) is 0 Å². The molecule has 1 N–H and O–H groups in total. The van der Waals surface area contributed by atoms with E-state index in [1.54, 1.807) is 0 Å². The van der Waals surface area contributed by atoms with Gasteiger partial charge in [-0.05, 0) is 44.1 Å². The topological polar surface area (TPSA) is 28.2 Å². The molecule has 3 nitrogen and oxygen atoms in total. The number of thiazole rings is 1. The molecule has 0 amide bonds. The Labute approximate surface area is 133 Å². The largest absolute Gasteiger partial charge is 0.351 e. The summed E-state index contributed by atoms with van der Waals surface area (Å²) in [6.45, 7) is 7.81. The fourth-order valence-electron chi connectivity index (χ4n) is 2.93. The van der Waals surface area contributed by atoms with Crippen molar-refractivity contribution in [3.05, 3.63) is 10.6 Å². The Hall–Kier alpha value is -0.610. The van der Waals surface area contributed by atoms with Gasteiger partial charge in [0.2, 0.25) is 0 Å². The van der Waals surface area contributed by atoms with Crippen molar-refractivity contribution in [2.75, 3.05) is 25.0 Å². The Morgan fingerprint density at radius 3 is 2.62 bits per heavy atom. The maximum absolute atomic E-state index is 4.99. The van der Waals surface area contributed by atoms with Crippen LogP contribution in [0.1, 0.15) is 62.4 Å². The molecule has 0 unspecified atom stereocenters. The predicted molar refractivity (Wildman–Crippen MR) is 91.2 cm³/mol. The molecule has 0 aromatic carbocycles. The van der Waals surface area contributed by atoms with Gasteiger partial charge >= 0.3 is 0 Å². The van der Waals surface area contributed by atoms with Gasteiger partial charge in [0, 0.05) is 30.9 Å². The molecule has 1 heterocycles. The SMILES string of the molecule is CC(C)CNCc1sc(N(C)CC2CCC2)nc1C1CC1. The quantitative estimate of drug-likeness (QED) is 0.787. The van der Waals surface area contributed by atoms with Crippen LogP contribution < -0.4 is 10.2 Å². The zero-order valence-electron chi connectivity index (χ0n) is 13.7. The minimum atomic E-state index is 0.711. The third-order valence-corrected chi connectivity index (χ3v) is 5.79. The lowest BCUT2D eigenvalue weighted by atomic mass is 9.85. The molecular formula is C17H29N3S. The molecule has 0 radical (unpaired) electrons. The number of hydrogen-bond donors (Lipinski definition) is 1. The number of aromatic nitrogens is 1. The summed E-state index contributed by atoms with van der Waals surface area (Å²) in [4.78, 5) is 8.86. The van der Waals surface area contributed by atoms with E-state index in [4.69, 9.17) is 4.98 Å². The molecule has 118 valence electrons. The van der Waals surface area contributed by atoms with Gasteiger partial charge in [-0.15, -0.1) is 11.3 Å². The highest BCUT2D eigenvalue weighted by Gasteiger charge is 2.30. The Balaban J connectivity index is 1.63. The second-order valence-corrected chi connectivity index (χ2v) is 8.34. The van der Waals surface area contributed by atoms with Crippen LogP contribution in [-0.2, 0) is 6.54 Å². The van der Waals surface area contributed by atoms with Crippen molar-refractivity contribution in [2.45, 2.75) is 58.4 Å². The summed E-state index contributed by atoms with van der Waals surface area (Å²) in [5.74, 6) is 2.37. The lowest BCUT2D eigenvalue weighted by Gasteiger charge is -2.29. The molecule has 3 rings (SSSR count). The molecular weight excluding hydrogens is 278 g/mol. The first-order valence-electron chi connectivity index (χ1n) is 8.55. The van der Waals surface area contributed by atoms with E-state index in [0.717, 1.165) is 24.9 Å². The average molecular weight is 308 g/mol. The molecule has 1 aromatic rings. The Kier molecular flexibility index (Phi) is 4.85. The van der Waals surface area contributed by atoms with Gasteiger partial charge in [0.05, 0.1) is 5.69 Å². The fraction of sp³-hybridized carbons (Fsp3) is 0.824. The van der Waals surface area contributed by atoms with Gasteiger partial charge in [-0.3, -0.25) is 0 Å². The van der Waals surface area contributed by atoms with E-state index in [1.807, 2.05) is 11.3 Å². The monoisotopic (exact) mass is 307 g/mol. The molecule has 0 atom stereocenters. The van der Waals surface area contributed by atoms with Gasteiger partial charge in [0.1, 0.15) is 0 Å². The third-order valence-electron chi connectivity index (χ3n) is 4.60. The third kappa shape index (κ3) is 3.98. The van der Waals surface area contributed by atoms with Crippen LogP contribution in [0.2, 0.25) is 0 Å². The van der Waals surface area contributed by atoms with Crippen LogP contribution in [0, 0.1) is 11.8 Å².